The van der Waals surface area contributed by atoms with E-state index in [1.54, 1.807) is 11.0 Å². The predicted molar refractivity (Wildman–Crippen MR) is 129 cm³/mol. The van der Waals surface area contributed by atoms with Gasteiger partial charge in [0, 0.05) is 13.6 Å². The smallest absolute Gasteiger partial charge is 0.191 e. The van der Waals surface area contributed by atoms with Gasteiger partial charge in [-0.3, -0.25) is 4.68 Å². The lowest BCUT2D eigenvalue weighted by molar-refractivity contribution is 0.107. The zero-order valence-electron chi connectivity index (χ0n) is 17.4. The van der Waals surface area contributed by atoms with E-state index < -0.39 is 0 Å². The molecule has 7 nitrogen and oxygen atoms in total. The minimum Gasteiger partial charge on any atom is -0.372 e. The number of guanidine groups is 1. The molecule has 0 bridgehead atoms. The summed E-state index contributed by atoms with van der Waals surface area (Å²) in [7, 11) is 1.87. The second-order valence-electron chi connectivity index (χ2n) is 6.65. The Balaban J connectivity index is 0.00000320. The van der Waals surface area contributed by atoms with Crippen LogP contribution in [0.2, 0.25) is 0 Å². The van der Waals surface area contributed by atoms with Crippen LogP contribution < -0.4 is 10.6 Å². The summed E-state index contributed by atoms with van der Waals surface area (Å²) in [5, 5.41) is 10.6. The summed E-state index contributed by atoms with van der Waals surface area (Å²) in [5.74, 6) is 1.61. The summed E-state index contributed by atoms with van der Waals surface area (Å²) in [6.07, 6.45) is 1.55. The normalized spacial score (nSPS) is 11.1. The molecule has 8 heteroatoms. The fourth-order valence-corrected chi connectivity index (χ4v) is 2.83. The van der Waals surface area contributed by atoms with E-state index in [1.807, 2.05) is 38.2 Å². The first kappa shape index (κ1) is 23.8. The average Bonchev–Trinajstić information content (AvgIpc) is 3.16. The Morgan fingerprint density at radius 3 is 2.47 bits per heavy atom. The number of aliphatic imine (C=N–C) groups is 1. The van der Waals surface area contributed by atoms with Crippen molar-refractivity contribution in [3.63, 3.8) is 0 Å². The molecule has 0 amide bonds. The molecule has 1 heterocycles. The highest BCUT2D eigenvalue weighted by atomic mass is 127. The first-order valence-electron chi connectivity index (χ1n) is 9.79. The molecule has 0 aliphatic heterocycles. The molecule has 1 aromatic heterocycles. The first-order valence-corrected chi connectivity index (χ1v) is 9.79. The molecule has 0 spiro atoms. The largest absolute Gasteiger partial charge is 0.372 e. The van der Waals surface area contributed by atoms with Crippen LogP contribution >= 0.6 is 24.0 Å². The lowest BCUT2D eigenvalue weighted by atomic mass is 10.1. The summed E-state index contributed by atoms with van der Waals surface area (Å²) in [4.78, 5) is 8.90. The number of rotatable bonds is 9. The van der Waals surface area contributed by atoms with E-state index in [4.69, 9.17) is 4.74 Å². The van der Waals surface area contributed by atoms with Crippen molar-refractivity contribution in [2.45, 2.75) is 33.2 Å². The van der Waals surface area contributed by atoms with Crippen LogP contribution in [-0.2, 0) is 38.1 Å². The summed E-state index contributed by atoms with van der Waals surface area (Å²) < 4.78 is 7.59. The van der Waals surface area contributed by atoms with Gasteiger partial charge in [0.1, 0.15) is 12.2 Å². The van der Waals surface area contributed by atoms with E-state index in [-0.39, 0.29) is 24.0 Å². The second kappa shape index (κ2) is 13.0. The van der Waals surface area contributed by atoms with Gasteiger partial charge in [0.2, 0.25) is 0 Å². The zero-order chi connectivity index (χ0) is 20.3. The predicted octanol–water partition coefficient (Wildman–Crippen LogP) is 3.41. The van der Waals surface area contributed by atoms with Gasteiger partial charge in [-0.1, -0.05) is 54.6 Å². The standard InChI is InChI=1S/C22H28N6O.HI/c1-3-23-22(25-14-21-26-17-27-28(21)2)24-13-19-10-7-11-20(12-19)16-29-15-18-8-5-4-6-9-18;/h4-12,17H,3,13-16H2,1-2H3,(H2,23,24,25);1H. The van der Waals surface area contributed by atoms with Crippen molar-refractivity contribution in [1.82, 2.24) is 25.4 Å². The topological polar surface area (TPSA) is 76.4 Å². The van der Waals surface area contributed by atoms with Gasteiger partial charge in [0.15, 0.2) is 5.96 Å². The number of nitrogens with zero attached hydrogens (tertiary/aromatic N) is 4. The van der Waals surface area contributed by atoms with Crippen molar-refractivity contribution in [1.29, 1.82) is 0 Å². The number of nitrogens with one attached hydrogen (secondary N) is 2. The van der Waals surface area contributed by atoms with Crippen molar-refractivity contribution < 1.29 is 4.74 Å². The molecule has 0 aliphatic carbocycles. The fraction of sp³-hybridized carbons (Fsp3) is 0.318. The Labute approximate surface area is 195 Å². The van der Waals surface area contributed by atoms with Crippen molar-refractivity contribution in [3.05, 3.63) is 83.4 Å². The summed E-state index contributed by atoms with van der Waals surface area (Å²) in [6.45, 7) is 5.18. The molecule has 30 heavy (non-hydrogen) atoms. The molecular weight excluding hydrogens is 491 g/mol. The number of ether oxygens (including phenoxy) is 1. The van der Waals surface area contributed by atoms with E-state index in [0.717, 1.165) is 29.5 Å². The van der Waals surface area contributed by atoms with Crippen LogP contribution in [0.3, 0.4) is 0 Å². The molecule has 0 aliphatic rings. The minimum absolute atomic E-state index is 0. The maximum absolute atomic E-state index is 5.84. The van der Waals surface area contributed by atoms with Crippen LogP contribution in [0.25, 0.3) is 0 Å². The third kappa shape index (κ3) is 7.75. The highest BCUT2D eigenvalue weighted by Gasteiger charge is 2.03. The van der Waals surface area contributed by atoms with Gasteiger partial charge in [-0.25, -0.2) is 9.98 Å². The molecule has 2 N–H and O–H groups in total. The van der Waals surface area contributed by atoms with Crippen LogP contribution in [0, 0.1) is 0 Å². The number of hydrogen-bond donors (Lipinski definition) is 2. The summed E-state index contributed by atoms with van der Waals surface area (Å²) >= 11 is 0. The quantitative estimate of drug-likeness (QED) is 0.257. The second-order valence-corrected chi connectivity index (χ2v) is 6.65. The average molecular weight is 520 g/mol. The van der Waals surface area contributed by atoms with Crippen LogP contribution in [0.5, 0.6) is 0 Å². The zero-order valence-corrected chi connectivity index (χ0v) is 19.7. The monoisotopic (exact) mass is 520 g/mol. The molecule has 0 fully saturated rings. The molecule has 3 rings (SSSR count). The van der Waals surface area contributed by atoms with E-state index >= 15 is 0 Å². The lowest BCUT2D eigenvalue weighted by Gasteiger charge is -2.11. The third-order valence-electron chi connectivity index (χ3n) is 4.35. The number of halogens is 1. The molecule has 2 aromatic carbocycles. The van der Waals surface area contributed by atoms with Crippen LogP contribution in [0.4, 0.5) is 0 Å². The Bertz CT molecular complexity index is 913. The van der Waals surface area contributed by atoms with E-state index in [1.165, 1.54) is 5.56 Å². The van der Waals surface area contributed by atoms with Gasteiger partial charge in [-0.15, -0.1) is 24.0 Å². The van der Waals surface area contributed by atoms with Crippen molar-refractivity contribution in [2.24, 2.45) is 12.0 Å². The van der Waals surface area contributed by atoms with Gasteiger partial charge in [0.25, 0.3) is 0 Å². The first-order chi connectivity index (χ1) is 14.2. The number of aromatic nitrogens is 3. The Morgan fingerprint density at radius 2 is 1.73 bits per heavy atom. The number of hydrogen-bond acceptors (Lipinski definition) is 4. The van der Waals surface area contributed by atoms with Crippen LogP contribution in [0.15, 0.2) is 65.9 Å². The fourth-order valence-electron chi connectivity index (χ4n) is 2.83. The molecule has 0 atom stereocenters. The number of benzene rings is 2. The van der Waals surface area contributed by atoms with E-state index in [9.17, 15) is 0 Å². The van der Waals surface area contributed by atoms with Gasteiger partial charge in [0.05, 0.1) is 26.3 Å². The molecule has 0 radical (unpaired) electrons. The highest BCUT2D eigenvalue weighted by molar-refractivity contribution is 14.0. The third-order valence-corrected chi connectivity index (χ3v) is 4.35. The van der Waals surface area contributed by atoms with Gasteiger partial charge < -0.3 is 15.4 Å². The molecule has 0 saturated carbocycles. The van der Waals surface area contributed by atoms with Crippen LogP contribution in [-0.4, -0.2) is 27.3 Å². The van der Waals surface area contributed by atoms with Gasteiger partial charge >= 0.3 is 0 Å². The van der Waals surface area contributed by atoms with Gasteiger partial charge in [-0.2, -0.15) is 5.10 Å². The van der Waals surface area contributed by atoms with Gasteiger partial charge in [-0.05, 0) is 23.6 Å². The summed E-state index contributed by atoms with van der Waals surface area (Å²) in [6, 6.07) is 18.5. The minimum atomic E-state index is 0. The maximum Gasteiger partial charge on any atom is 0.191 e. The van der Waals surface area contributed by atoms with E-state index in [0.29, 0.717) is 26.3 Å². The molecule has 3 aromatic rings. The number of aryl methyl sites for hydroxylation is 1. The molecule has 0 saturated heterocycles. The molecular formula is C22H29IN6O. The molecule has 160 valence electrons. The Hall–Kier alpha value is -2.46. The van der Waals surface area contributed by atoms with Crippen molar-refractivity contribution >= 4 is 29.9 Å². The van der Waals surface area contributed by atoms with Crippen LogP contribution in [0.1, 0.15) is 29.4 Å². The highest BCUT2D eigenvalue weighted by Crippen LogP contribution is 2.10. The maximum atomic E-state index is 5.84. The van der Waals surface area contributed by atoms with Crippen molar-refractivity contribution in [3.8, 4) is 0 Å². The van der Waals surface area contributed by atoms with Crippen molar-refractivity contribution in [2.75, 3.05) is 6.54 Å². The lowest BCUT2D eigenvalue weighted by Crippen LogP contribution is -2.37. The Kier molecular flexibility index (Phi) is 10.3. The Morgan fingerprint density at radius 1 is 1.00 bits per heavy atom. The summed E-state index contributed by atoms with van der Waals surface area (Å²) in [5.41, 5.74) is 3.46. The molecule has 0 unspecified atom stereocenters. The SMILES string of the molecule is CCNC(=NCc1cccc(COCc2ccccc2)c1)NCc1ncnn1C.I. The van der Waals surface area contributed by atoms with E-state index in [2.05, 4.69) is 56.0 Å².